The molecule has 0 bridgehead atoms. The first-order valence-corrected chi connectivity index (χ1v) is 21.8. The molecule has 10 aromatic carbocycles. The lowest BCUT2D eigenvalue weighted by Crippen LogP contribution is -2.14. The zero-order chi connectivity index (χ0) is 42.1. The molecule has 0 fully saturated rings. The fourth-order valence-electron chi connectivity index (χ4n) is 10.1. The molecular weight excluding hydrogens is 761 g/mol. The van der Waals surface area contributed by atoms with Crippen molar-refractivity contribution < 1.29 is 0 Å². The van der Waals surface area contributed by atoms with Gasteiger partial charge in [0.2, 0.25) is 0 Å². The predicted molar refractivity (Wildman–Crippen MR) is 265 cm³/mol. The van der Waals surface area contributed by atoms with Crippen molar-refractivity contribution >= 4 is 32.3 Å². The molecule has 0 N–H and O–H groups in total. The molecule has 296 valence electrons. The highest BCUT2D eigenvalue weighted by atomic mass is 14.9. The van der Waals surface area contributed by atoms with Crippen LogP contribution < -0.4 is 0 Å². The maximum absolute atomic E-state index is 5.26. The van der Waals surface area contributed by atoms with Gasteiger partial charge in [-0.15, -0.1) is 0 Å². The van der Waals surface area contributed by atoms with E-state index in [0.29, 0.717) is 5.82 Å². The van der Waals surface area contributed by atoms with Crippen molar-refractivity contribution in [2.24, 2.45) is 0 Å². The van der Waals surface area contributed by atoms with Crippen LogP contribution in [-0.2, 0) is 5.41 Å². The van der Waals surface area contributed by atoms with E-state index in [-0.39, 0.29) is 5.41 Å². The maximum Gasteiger partial charge on any atom is 0.160 e. The normalized spacial score (nSPS) is 12.7. The zero-order valence-corrected chi connectivity index (χ0v) is 35.2. The summed E-state index contributed by atoms with van der Waals surface area (Å²) < 4.78 is 0. The molecule has 1 heterocycles. The summed E-state index contributed by atoms with van der Waals surface area (Å²) in [4.78, 5) is 10.5. The van der Waals surface area contributed by atoms with Gasteiger partial charge in [-0.2, -0.15) is 0 Å². The number of benzene rings is 10. The van der Waals surface area contributed by atoms with Gasteiger partial charge in [0.15, 0.2) is 5.82 Å². The van der Waals surface area contributed by atoms with E-state index in [2.05, 4.69) is 214 Å². The van der Waals surface area contributed by atoms with Crippen molar-refractivity contribution in [2.45, 2.75) is 19.3 Å². The molecule has 2 nitrogen and oxygen atoms in total. The number of rotatable bonds is 6. The minimum absolute atomic E-state index is 0.0436. The molecule has 0 aliphatic heterocycles. The molecule has 0 saturated carbocycles. The second-order valence-corrected chi connectivity index (χ2v) is 17.3. The van der Waals surface area contributed by atoms with Crippen LogP contribution in [0.15, 0.2) is 218 Å². The summed E-state index contributed by atoms with van der Waals surface area (Å²) >= 11 is 0. The molecule has 1 aliphatic rings. The second-order valence-electron chi connectivity index (χ2n) is 17.3. The summed E-state index contributed by atoms with van der Waals surface area (Å²) in [7, 11) is 0. The Morgan fingerprint density at radius 3 is 1.65 bits per heavy atom. The van der Waals surface area contributed by atoms with Crippen LogP contribution in [0, 0.1) is 0 Å². The zero-order valence-electron chi connectivity index (χ0n) is 35.2. The molecular formula is C61H42N2. The van der Waals surface area contributed by atoms with E-state index in [0.717, 1.165) is 39.2 Å². The van der Waals surface area contributed by atoms with E-state index in [1.165, 1.54) is 76.8 Å². The molecule has 63 heavy (non-hydrogen) atoms. The minimum atomic E-state index is -0.0436. The Balaban J connectivity index is 0.917. The van der Waals surface area contributed by atoms with Crippen molar-refractivity contribution in [3.05, 3.63) is 230 Å². The summed E-state index contributed by atoms with van der Waals surface area (Å²) in [6, 6.07) is 79.1. The Hall–Kier alpha value is -7.94. The first kappa shape index (κ1) is 36.9. The fraction of sp³-hybridized carbons (Fsp3) is 0.0492. The molecule has 12 rings (SSSR count). The van der Waals surface area contributed by atoms with Crippen molar-refractivity contribution in [1.29, 1.82) is 0 Å². The Bertz CT molecular complexity index is 3560. The molecule has 0 radical (unpaired) electrons. The average Bonchev–Trinajstić information content (AvgIpc) is 3.58. The van der Waals surface area contributed by atoms with E-state index >= 15 is 0 Å². The summed E-state index contributed by atoms with van der Waals surface area (Å²) in [6.07, 6.45) is 0. The molecule has 0 spiro atoms. The Labute approximate surface area is 367 Å². The fourth-order valence-corrected chi connectivity index (χ4v) is 10.1. The molecule has 0 amide bonds. The number of hydrogen-bond acceptors (Lipinski definition) is 2. The summed E-state index contributed by atoms with van der Waals surface area (Å²) in [6.45, 7) is 4.66. The van der Waals surface area contributed by atoms with Gasteiger partial charge in [0.1, 0.15) is 0 Å². The van der Waals surface area contributed by atoms with Crippen LogP contribution in [0.5, 0.6) is 0 Å². The lowest BCUT2D eigenvalue weighted by Gasteiger charge is -2.21. The lowest BCUT2D eigenvalue weighted by molar-refractivity contribution is 0.660. The third kappa shape index (κ3) is 6.17. The topological polar surface area (TPSA) is 25.8 Å². The average molecular weight is 803 g/mol. The standard InChI is InChI=1S/C61H42N2/c1-61(2)55-23-13-12-21-50(55)54-37-46(33-35-56(54)61)48-19-10-11-22-51(48)58-38-57(62-60(63-58)44-15-4-3-5-16-44)42-28-24-39(25-29-42)40-26-30-43(31-27-40)59-49-20-9-7-17-45(49)36-53-47-18-8-6-14-41(47)32-34-52(53)59/h3-38H,1-2H3. The molecule has 0 unspecified atom stereocenters. The van der Waals surface area contributed by atoms with Crippen LogP contribution in [0.2, 0.25) is 0 Å². The highest BCUT2D eigenvalue weighted by Crippen LogP contribution is 2.50. The van der Waals surface area contributed by atoms with Gasteiger partial charge in [0.25, 0.3) is 0 Å². The van der Waals surface area contributed by atoms with E-state index in [9.17, 15) is 0 Å². The largest absolute Gasteiger partial charge is 0.228 e. The van der Waals surface area contributed by atoms with E-state index in [4.69, 9.17) is 9.97 Å². The second kappa shape index (κ2) is 14.6. The van der Waals surface area contributed by atoms with E-state index in [1.807, 2.05) is 18.2 Å². The van der Waals surface area contributed by atoms with Gasteiger partial charge in [0.05, 0.1) is 11.4 Å². The summed E-state index contributed by atoms with van der Waals surface area (Å²) in [5, 5.41) is 7.61. The van der Waals surface area contributed by atoms with Gasteiger partial charge in [-0.1, -0.05) is 214 Å². The Kier molecular flexibility index (Phi) is 8.55. The lowest BCUT2D eigenvalue weighted by atomic mass is 9.82. The first-order chi connectivity index (χ1) is 31.0. The number of nitrogens with zero attached hydrogens (tertiary/aromatic N) is 2. The van der Waals surface area contributed by atoms with E-state index in [1.54, 1.807) is 0 Å². The van der Waals surface area contributed by atoms with Crippen LogP contribution in [0.3, 0.4) is 0 Å². The van der Waals surface area contributed by atoms with Gasteiger partial charge < -0.3 is 0 Å². The van der Waals surface area contributed by atoms with Gasteiger partial charge >= 0.3 is 0 Å². The van der Waals surface area contributed by atoms with Gasteiger partial charge in [-0.3, -0.25) is 0 Å². The first-order valence-electron chi connectivity index (χ1n) is 21.8. The molecule has 2 heteroatoms. The van der Waals surface area contributed by atoms with Crippen LogP contribution in [0.1, 0.15) is 25.0 Å². The predicted octanol–water partition coefficient (Wildman–Crippen LogP) is 16.2. The smallest absolute Gasteiger partial charge is 0.160 e. The SMILES string of the molecule is CC1(C)c2ccccc2-c2cc(-c3ccccc3-c3cc(-c4ccc(-c5ccc(-c6c7ccccc7cc7c6ccc6ccccc67)cc5)cc4)nc(-c4ccccc4)n3)ccc21. The molecule has 0 atom stereocenters. The van der Waals surface area contributed by atoms with Crippen LogP contribution in [-0.4, -0.2) is 9.97 Å². The van der Waals surface area contributed by atoms with Crippen LogP contribution in [0.25, 0.3) is 111 Å². The molecule has 0 saturated heterocycles. The molecule has 11 aromatic rings. The van der Waals surface area contributed by atoms with Gasteiger partial charge in [0, 0.05) is 22.1 Å². The Morgan fingerprint density at radius 2 is 0.873 bits per heavy atom. The molecule has 1 aromatic heterocycles. The maximum atomic E-state index is 5.26. The minimum Gasteiger partial charge on any atom is -0.228 e. The monoisotopic (exact) mass is 802 g/mol. The van der Waals surface area contributed by atoms with Crippen molar-refractivity contribution in [1.82, 2.24) is 9.97 Å². The third-order valence-electron chi connectivity index (χ3n) is 13.3. The molecule has 1 aliphatic carbocycles. The Morgan fingerprint density at radius 1 is 0.302 bits per heavy atom. The van der Waals surface area contributed by atoms with Crippen molar-refractivity contribution in [2.75, 3.05) is 0 Å². The van der Waals surface area contributed by atoms with Crippen molar-refractivity contribution in [3.63, 3.8) is 0 Å². The highest BCUT2D eigenvalue weighted by molar-refractivity contribution is 6.20. The quantitative estimate of drug-likeness (QED) is 0.124. The summed E-state index contributed by atoms with van der Waals surface area (Å²) in [5.74, 6) is 0.705. The third-order valence-corrected chi connectivity index (χ3v) is 13.3. The van der Waals surface area contributed by atoms with Crippen LogP contribution in [0.4, 0.5) is 0 Å². The number of aromatic nitrogens is 2. The van der Waals surface area contributed by atoms with Gasteiger partial charge in [-0.25, -0.2) is 9.97 Å². The highest BCUT2D eigenvalue weighted by Gasteiger charge is 2.35. The van der Waals surface area contributed by atoms with Crippen molar-refractivity contribution in [3.8, 4) is 78.4 Å². The van der Waals surface area contributed by atoms with E-state index < -0.39 is 0 Å². The number of hydrogen-bond donors (Lipinski definition) is 0. The van der Waals surface area contributed by atoms with Gasteiger partial charge in [-0.05, 0) is 106 Å². The number of fused-ring (bicyclic) bond motifs is 7. The van der Waals surface area contributed by atoms with Crippen LogP contribution >= 0.6 is 0 Å². The summed E-state index contributed by atoms with van der Waals surface area (Å²) in [5.41, 5.74) is 17.3.